The Hall–Kier alpha value is -0.320. The van der Waals surface area contributed by atoms with E-state index >= 15 is 0 Å². The van der Waals surface area contributed by atoms with Crippen molar-refractivity contribution in [2.75, 3.05) is 78.5 Å². The van der Waals surface area contributed by atoms with Crippen molar-refractivity contribution in [1.29, 1.82) is 0 Å². The van der Waals surface area contributed by atoms with Gasteiger partial charge >= 0.3 is 0 Å². The van der Waals surface area contributed by atoms with E-state index in [0.717, 1.165) is 143 Å². The molecule has 0 bridgehead atoms. The summed E-state index contributed by atoms with van der Waals surface area (Å²) >= 11 is 0. The van der Waals surface area contributed by atoms with E-state index in [0.29, 0.717) is 0 Å². The van der Waals surface area contributed by atoms with Crippen LogP contribution in [0.25, 0.3) is 0 Å². The zero-order valence-electron chi connectivity index (χ0n) is 45.2. The predicted molar refractivity (Wildman–Crippen MR) is 288 cm³/mol. The lowest BCUT2D eigenvalue weighted by Gasteiger charge is -2.34. The second kappa shape index (κ2) is 48.3. The van der Waals surface area contributed by atoms with Crippen molar-refractivity contribution in [2.24, 2.45) is 0 Å². The fourth-order valence-corrected chi connectivity index (χ4v) is 10.4. The third-order valence-electron chi connectivity index (χ3n) is 14.8. The molecule has 8 nitrogen and oxygen atoms in total. The fraction of sp³-hybridized carbons (Fsp3) is 1.00. The number of aliphatic hydroxyl groups excluding tert-OH is 4. The van der Waals surface area contributed by atoms with Crippen LogP contribution in [0.2, 0.25) is 0 Å². The first-order chi connectivity index (χ1) is 32.3. The quantitative estimate of drug-likeness (QED) is 0.0449. The summed E-state index contributed by atoms with van der Waals surface area (Å²) in [7, 11) is 0. The Bertz CT molecular complexity index is 816. The minimum Gasteiger partial charge on any atom is -0.392 e. The Kier molecular flexibility index (Phi) is 46.6. The van der Waals surface area contributed by atoms with E-state index in [1.807, 2.05) is 0 Å². The smallest absolute Gasteiger partial charge is 0.0667 e. The van der Waals surface area contributed by atoms with Crippen molar-refractivity contribution in [1.82, 2.24) is 19.6 Å². The molecule has 396 valence electrons. The topological polar surface area (TPSA) is 93.9 Å². The molecule has 4 N–H and O–H groups in total. The Balaban J connectivity index is 3.00. The van der Waals surface area contributed by atoms with Crippen LogP contribution in [0.5, 0.6) is 0 Å². The molecule has 1 aliphatic heterocycles. The third-order valence-corrected chi connectivity index (χ3v) is 14.8. The van der Waals surface area contributed by atoms with E-state index in [2.05, 4.69) is 47.3 Å². The van der Waals surface area contributed by atoms with Crippen LogP contribution < -0.4 is 0 Å². The normalized spacial score (nSPS) is 17.8. The average Bonchev–Trinajstić information content (AvgIpc) is 3.30. The van der Waals surface area contributed by atoms with Crippen LogP contribution in [0, 0.1) is 0 Å². The first-order valence-corrected chi connectivity index (χ1v) is 29.9. The molecule has 1 fully saturated rings. The van der Waals surface area contributed by atoms with Gasteiger partial charge in [0, 0.05) is 52.4 Å². The van der Waals surface area contributed by atoms with Gasteiger partial charge in [-0.1, -0.05) is 233 Å². The highest BCUT2D eigenvalue weighted by Gasteiger charge is 2.21. The van der Waals surface area contributed by atoms with Crippen LogP contribution in [0.15, 0.2) is 0 Å². The Morgan fingerprint density at radius 2 is 0.409 bits per heavy atom. The molecule has 1 rings (SSSR count). The van der Waals surface area contributed by atoms with Gasteiger partial charge in [-0.05, 0) is 64.7 Å². The third kappa shape index (κ3) is 41.5. The van der Waals surface area contributed by atoms with Crippen LogP contribution in [-0.2, 0) is 0 Å². The number of β-amino-alcohol motifs (C(OH)–C–C–N with tert-alkyl or cyclic N) is 4. The summed E-state index contributed by atoms with van der Waals surface area (Å²) in [6.45, 7) is 19.4. The number of unbranched alkanes of at least 4 members (excludes halogenated alkanes) is 28. The van der Waals surface area contributed by atoms with Gasteiger partial charge in [0.05, 0.1) is 24.4 Å². The predicted octanol–water partition coefficient (Wildman–Crippen LogP) is 13.6. The molecule has 0 amide bonds. The molecule has 0 aliphatic carbocycles. The van der Waals surface area contributed by atoms with Crippen LogP contribution in [0.1, 0.15) is 272 Å². The molecule has 0 aromatic heterocycles. The maximum atomic E-state index is 11.4. The molecule has 0 radical (unpaired) electrons. The average molecular weight is 938 g/mol. The standard InChI is InChI=1S/C58H120N4O4/c1-5-9-13-17-21-25-29-33-39-55(63)51-59-43-37-44-61(53-57(65)41-35-31-27-23-19-15-11-7-3)49-50-62(54-58(66)42-36-32-28-24-20-16-12-8-4)46-38-45-60(48-47-59)52-56(64)40-34-30-26-22-18-14-10-6-2/h55-58,63-66H,5-54H2,1-4H3. The van der Waals surface area contributed by atoms with E-state index in [-0.39, 0.29) is 24.4 Å². The van der Waals surface area contributed by atoms with Crippen LogP contribution in [0.4, 0.5) is 0 Å². The van der Waals surface area contributed by atoms with Crippen molar-refractivity contribution >= 4 is 0 Å². The lowest BCUT2D eigenvalue weighted by Crippen LogP contribution is -2.46. The second-order valence-electron chi connectivity index (χ2n) is 21.6. The molecule has 1 heterocycles. The largest absolute Gasteiger partial charge is 0.392 e. The van der Waals surface area contributed by atoms with Crippen molar-refractivity contribution in [3.63, 3.8) is 0 Å². The first-order valence-electron chi connectivity index (χ1n) is 29.9. The Morgan fingerprint density at radius 3 is 0.591 bits per heavy atom. The summed E-state index contributed by atoms with van der Waals surface area (Å²) in [5, 5.41) is 45.4. The molecule has 0 aromatic rings. The highest BCUT2D eigenvalue weighted by Crippen LogP contribution is 2.17. The Morgan fingerprint density at radius 1 is 0.242 bits per heavy atom. The molecule has 0 aromatic carbocycles. The van der Waals surface area contributed by atoms with Crippen LogP contribution >= 0.6 is 0 Å². The fourth-order valence-electron chi connectivity index (χ4n) is 10.4. The molecule has 0 saturated carbocycles. The van der Waals surface area contributed by atoms with Crippen molar-refractivity contribution in [2.45, 2.75) is 296 Å². The van der Waals surface area contributed by atoms with Gasteiger partial charge in [0.15, 0.2) is 0 Å². The van der Waals surface area contributed by atoms with E-state index in [1.54, 1.807) is 0 Å². The minimum absolute atomic E-state index is 0.305. The summed E-state index contributed by atoms with van der Waals surface area (Å²) in [5.41, 5.74) is 0. The van der Waals surface area contributed by atoms with Crippen LogP contribution in [0.3, 0.4) is 0 Å². The zero-order valence-corrected chi connectivity index (χ0v) is 45.2. The lowest BCUT2D eigenvalue weighted by molar-refractivity contribution is 0.0586. The van der Waals surface area contributed by atoms with E-state index in [9.17, 15) is 20.4 Å². The van der Waals surface area contributed by atoms with Gasteiger partial charge in [-0.15, -0.1) is 0 Å². The van der Waals surface area contributed by atoms with Gasteiger partial charge in [0.25, 0.3) is 0 Å². The number of rotatable bonds is 44. The Labute approximate surface area is 413 Å². The van der Waals surface area contributed by atoms with Crippen molar-refractivity contribution in [3.8, 4) is 0 Å². The summed E-state index contributed by atoms with van der Waals surface area (Å²) in [4.78, 5) is 10.1. The summed E-state index contributed by atoms with van der Waals surface area (Å²) in [5.74, 6) is 0. The molecular weight excluding hydrogens is 817 g/mol. The highest BCUT2D eigenvalue weighted by molar-refractivity contribution is 4.76. The van der Waals surface area contributed by atoms with Gasteiger partial charge in [-0.2, -0.15) is 0 Å². The monoisotopic (exact) mass is 937 g/mol. The van der Waals surface area contributed by atoms with Gasteiger partial charge < -0.3 is 20.4 Å². The van der Waals surface area contributed by atoms with Gasteiger partial charge in [0.1, 0.15) is 0 Å². The minimum atomic E-state index is -0.305. The van der Waals surface area contributed by atoms with Crippen molar-refractivity contribution in [3.05, 3.63) is 0 Å². The number of aliphatic hydroxyl groups is 4. The highest BCUT2D eigenvalue weighted by atomic mass is 16.3. The van der Waals surface area contributed by atoms with E-state index < -0.39 is 0 Å². The molecule has 0 spiro atoms. The summed E-state index contributed by atoms with van der Waals surface area (Å²) in [6.07, 6.45) is 45.5. The number of nitrogens with zero attached hydrogens (tertiary/aromatic N) is 4. The maximum absolute atomic E-state index is 11.4. The van der Waals surface area contributed by atoms with Gasteiger partial charge in [0.2, 0.25) is 0 Å². The zero-order chi connectivity index (χ0) is 48.0. The molecule has 8 heteroatoms. The summed E-state index contributed by atoms with van der Waals surface area (Å²) in [6, 6.07) is 0. The van der Waals surface area contributed by atoms with Gasteiger partial charge in [-0.3, -0.25) is 19.6 Å². The number of hydrogen-bond acceptors (Lipinski definition) is 8. The lowest BCUT2D eigenvalue weighted by atomic mass is 10.0. The molecule has 4 unspecified atom stereocenters. The number of hydrogen-bond donors (Lipinski definition) is 4. The molecule has 1 aliphatic rings. The van der Waals surface area contributed by atoms with Crippen molar-refractivity contribution < 1.29 is 20.4 Å². The molecule has 66 heavy (non-hydrogen) atoms. The second-order valence-corrected chi connectivity index (χ2v) is 21.6. The SMILES string of the molecule is CCCCCCCCCCC(O)CN1CCCN(CC(O)CCCCCCCCCC)CCN(CC(O)CCCCCCCCCC)CCCN(CC(O)CCCCCCCCCC)CC1. The molecular formula is C58H120N4O4. The molecule has 1 saturated heterocycles. The van der Waals surface area contributed by atoms with E-state index in [1.165, 1.54) is 180 Å². The first kappa shape index (κ1) is 63.7. The van der Waals surface area contributed by atoms with E-state index in [4.69, 9.17) is 0 Å². The molecule has 4 atom stereocenters. The van der Waals surface area contributed by atoms with Crippen LogP contribution in [-0.4, -0.2) is 143 Å². The summed E-state index contributed by atoms with van der Waals surface area (Å²) < 4.78 is 0. The van der Waals surface area contributed by atoms with Gasteiger partial charge in [-0.25, -0.2) is 0 Å². The maximum Gasteiger partial charge on any atom is 0.0667 e.